The quantitative estimate of drug-likeness (QED) is 0.430. The van der Waals surface area contributed by atoms with Crippen molar-refractivity contribution in [3.8, 4) is 0 Å². The maximum absolute atomic E-state index is 9.85. The van der Waals surface area contributed by atoms with Crippen LogP contribution in [0.3, 0.4) is 0 Å². The number of fused-ring (bicyclic) bond motifs is 2. The molecule has 4 N–H and O–H groups in total. The smallest absolute Gasteiger partial charge is 0.187 e. The van der Waals surface area contributed by atoms with Gasteiger partial charge < -0.3 is 39.4 Å². The summed E-state index contributed by atoms with van der Waals surface area (Å²) in [5.41, 5.74) is 0. The summed E-state index contributed by atoms with van der Waals surface area (Å²) in [5.74, 6) is 0. The van der Waals surface area contributed by atoms with E-state index >= 15 is 0 Å². The molecule has 110 valence electrons. The van der Waals surface area contributed by atoms with Gasteiger partial charge in [-0.1, -0.05) is 0 Å². The van der Waals surface area contributed by atoms with E-state index in [1.165, 1.54) is 0 Å². The van der Waals surface area contributed by atoms with Crippen LogP contribution < -0.4 is 0 Å². The van der Waals surface area contributed by atoms with E-state index < -0.39 is 49.5 Å². The molecule has 3 saturated heterocycles. The fourth-order valence-corrected chi connectivity index (χ4v) is 2.67. The van der Waals surface area contributed by atoms with E-state index in [0.29, 0.717) is 6.61 Å². The average Bonchev–Trinajstić information content (AvgIpc) is 2.80. The number of hydrogen-bond acceptors (Lipinski definition) is 8. The maximum atomic E-state index is 9.85. The minimum absolute atomic E-state index is 0.221. The van der Waals surface area contributed by atoms with Crippen LogP contribution >= 0.6 is 0 Å². The number of aliphatic hydroxyl groups is 4. The highest BCUT2D eigenvalue weighted by molar-refractivity contribution is 4.95. The van der Waals surface area contributed by atoms with Gasteiger partial charge in [0.1, 0.15) is 42.7 Å². The van der Waals surface area contributed by atoms with Gasteiger partial charge in [0.25, 0.3) is 0 Å². The first-order chi connectivity index (χ1) is 9.11. The zero-order valence-electron chi connectivity index (χ0n) is 10.2. The van der Waals surface area contributed by atoms with Crippen LogP contribution in [0.2, 0.25) is 0 Å². The second-order valence-electron chi connectivity index (χ2n) is 5.04. The molecular formula is C11H18O8. The van der Waals surface area contributed by atoms with Crippen LogP contribution in [-0.4, -0.2) is 89.3 Å². The number of aliphatic hydroxyl groups excluding tert-OH is 4. The summed E-state index contributed by atoms with van der Waals surface area (Å²) in [6.07, 6.45) is -6.64. The van der Waals surface area contributed by atoms with Crippen molar-refractivity contribution in [3.05, 3.63) is 0 Å². The molecule has 0 spiro atoms. The molecule has 8 nitrogen and oxygen atoms in total. The third kappa shape index (κ3) is 2.28. The predicted octanol–water partition coefficient (Wildman–Crippen LogP) is -3.03. The first-order valence-electron chi connectivity index (χ1n) is 6.31. The van der Waals surface area contributed by atoms with Gasteiger partial charge in [-0.2, -0.15) is 0 Å². The third-order valence-corrected chi connectivity index (χ3v) is 3.82. The monoisotopic (exact) mass is 278 g/mol. The highest BCUT2D eigenvalue weighted by Gasteiger charge is 2.50. The van der Waals surface area contributed by atoms with Crippen LogP contribution in [0.1, 0.15) is 0 Å². The molecule has 0 radical (unpaired) electrons. The normalized spacial score (nSPS) is 53.7. The lowest BCUT2D eigenvalue weighted by molar-refractivity contribution is -0.239. The first-order valence-corrected chi connectivity index (χ1v) is 6.31. The van der Waals surface area contributed by atoms with Gasteiger partial charge >= 0.3 is 0 Å². The second-order valence-corrected chi connectivity index (χ2v) is 5.04. The lowest BCUT2D eigenvalue weighted by Crippen LogP contribution is -2.51. The van der Waals surface area contributed by atoms with Gasteiger partial charge in [0.2, 0.25) is 0 Å². The van der Waals surface area contributed by atoms with Crippen molar-refractivity contribution in [2.75, 3.05) is 19.8 Å². The van der Waals surface area contributed by atoms with Crippen molar-refractivity contribution in [2.24, 2.45) is 0 Å². The number of rotatable bonds is 3. The molecule has 0 aliphatic carbocycles. The fraction of sp³-hybridized carbons (Fsp3) is 1.00. The molecule has 0 amide bonds. The van der Waals surface area contributed by atoms with Crippen LogP contribution in [0.4, 0.5) is 0 Å². The average molecular weight is 278 g/mol. The van der Waals surface area contributed by atoms with Crippen molar-refractivity contribution in [1.82, 2.24) is 0 Å². The fourth-order valence-electron chi connectivity index (χ4n) is 2.67. The van der Waals surface area contributed by atoms with Gasteiger partial charge in [0.05, 0.1) is 19.8 Å². The first kappa shape index (κ1) is 13.7. The molecule has 3 aliphatic rings. The number of hydrogen-bond donors (Lipinski definition) is 4. The standard InChI is InChI=1S/C11H18O8/c12-1-4-7(13)9(15)11(18-4)19-6-3-16-5-2-17-10(6)8(5)14/h4-15H,1-3H2/t4-,5-,6+,7-,8+,9+,10+,11-/m1/s1. The molecular weight excluding hydrogens is 260 g/mol. The molecule has 3 fully saturated rings. The Hall–Kier alpha value is -0.320. The van der Waals surface area contributed by atoms with E-state index in [4.69, 9.17) is 24.1 Å². The Morgan fingerprint density at radius 2 is 1.79 bits per heavy atom. The number of ether oxygens (including phenoxy) is 4. The largest absolute Gasteiger partial charge is 0.394 e. The Morgan fingerprint density at radius 1 is 1.00 bits per heavy atom. The molecule has 8 atom stereocenters. The minimum atomic E-state index is -1.26. The SMILES string of the molecule is OC[C@H]1O[C@H](O[C@H]2CO[C@@H]3CO[C@@H]2[C@H]3O)[C@@H](O)[C@@H]1O. The molecule has 8 heteroatoms. The van der Waals surface area contributed by atoms with Crippen LogP contribution in [0.25, 0.3) is 0 Å². The highest BCUT2D eigenvalue weighted by atomic mass is 16.7. The maximum Gasteiger partial charge on any atom is 0.187 e. The molecule has 0 aromatic rings. The summed E-state index contributed by atoms with van der Waals surface area (Å²) < 4.78 is 21.5. The van der Waals surface area contributed by atoms with Crippen LogP contribution in [0.15, 0.2) is 0 Å². The van der Waals surface area contributed by atoms with Gasteiger partial charge in [-0.05, 0) is 0 Å². The Kier molecular flexibility index (Phi) is 3.76. The van der Waals surface area contributed by atoms with Gasteiger partial charge in [-0.25, -0.2) is 0 Å². The summed E-state index contributed by atoms with van der Waals surface area (Å²) >= 11 is 0. The molecule has 0 aromatic carbocycles. The van der Waals surface area contributed by atoms with Crippen molar-refractivity contribution in [1.29, 1.82) is 0 Å². The summed E-state index contributed by atoms with van der Waals surface area (Å²) in [6, 6.07) is 0. The summed E-state index contributed by atoms with van der Waals surface area (Å²) in [5, 5.41) is 38.2. The molecule has 3 heterocycles. The van der Waals surface area contributed by atoms with Gasteiger partial charge in [0.15, 0.2) is 6.29 Å². The van der Waals surface area contributed by atoms with E-state index in [9.17, 15) is 15.3 Å². The van der Waals surface area contributed by atoms with E-state index in [0.717, 1.165) is 0 Å². The summed E-state index contributed by atoms with van der Waals surface area (Å²) in [6.45, 7) is 0.115. The van der Waals surface area contributed by atoms with Crippen molar-refractivity contribution in [2.45, 2.75) is 49.0 Å². The van der Waals surface area contributed by atoms with Crippen molar-refractivity contribution >= 4 is 0 Å². The van der Waals surface area contributed by atoms with E-state index in [1.54, 1.807) is 0 Å². The second kappa shape index (κ2) is 5.23. The summed E-state index contributed by atoms with van der Waals surface area (Å²) in [4.78, 5) is 0. The third-order valence-electron chi connectivity index (χ3n) is 3.82. The molecule has 0 unspecified atom stereocenters. The van der Waals surface area contributed by atoms with E-state index in [-0.39, 0.29) is 12.7 Å². The lowest BCUT2D eigenvalue weighted by Gasteiger charge is -2.33. The topological polar surface area (TPSA) is 118 Å². The Bertz CT molecular complexity index is 326. The van der Waals surface area contributed by atoms with E-state index in [1.807, 2.05) is 0 Å². The molecule has 0 aromatic heterocycles. The molecule has 0 saturated carbocycles. The Morgan fingerprint density at radius 3 is 2.47 bits per heavy atom. The van der Waals surface area contributed by atoms with Gasteiger partial charge in [0, 0.05) is 0 Å². The highest BCUT2D eigenvalue weighted by Crippen LogP contribution is 2.30. The summed E-state index contributed by atoms with van der Waals surface area (Å²) in [7, 11) is 0. The predicted molar refractivity (Wildman–Crippen MR) is 58.1 cm³/mol. The molecule has 3 rings (SSSR count). The van der Waals surface area contributed by atoms with Gasteiger partial charge in [-0.15, -0.1) is 0 Å². The van der Waals surface area contributed by atoms with Crippen LogP contribution in [-0.2, 0) is 18.9 Å². The van der Waals surface area contributed by atoms with Crippen LogP contribution in [0, 0.1) is 0 Å². The molecule has 19 heavy (non-hydrogen) atoms. The lowest BCUT2D eigenvalue weighted by atomic mass is 10.0. The van der Waals surface area contributed by atoms with E-state index in [2.05, 4.69) is 0 Å². The molecule has 2 bridgehead atoms. The minimum Gasteiger partial charge on any atom is -0.394 e. The van der Waals surface area contributed by atoms with Gasteiger partial charge in [-0.3, -0.25) is 0 Å². The zero-order chi connectivity index (χ0) is 13.6. The van der Waals surface area contributed by atoms with Crippen LogP contribution in [0.5, 0.6) is 0 Å². The Labute approximate surface area is 109 Å². The molecule has 3 aliphatic heterocycles. The van der Waals surface area contributed by atoms with Crippen molar-refractivity contribution in [3.63, 3.8) is 0 Å². The van der Waals surface area contributed by atoms with Crippen molar-refractivity contribution < 1.29 is 39.4 Å². The zero-order valence-corrected chi connectivity index (χ0v) is 10.2. The Balaban J connectivity index is 1.62.